The second kappa shape index (κ2) is 4.78. The van der Waals surface area contributed by atoms with Crippen molar-refractivity contribution in [3.63, 3.8) is 0 Å². The van der Waals surface area contributed by atoms with Crippen LogP contribution in [-0.4, -0.2) is 6.04 Å². The van der Waals surface area contributed by atoms with E-state index in [1.54, 1.807) is 0 Å². The molecule has 0 radical (unpaired) electrons. The van der Waals surface area contributed by atoms with Gasteiger partial charge in [-0.05, 0) is 23.1 Å². The Morgan fingerprint density at radius 1 is 1.24 bits per heavy atom. The summed E-state index contributed by atoms with van der Waals surface area (Å²) < 4.78 is 0. The van der Waals surface area contributed by atoms with Gasteiger partial charge in [0.1, 0.15) is 0 Å². The molecular weight excluding hydrogens is 254 g/mol. The summed E-state index contributed by atoms with van der Waals surface area (Å²) >= 11 is 0. The summed E-state index contributed by atoms with van der Waals surface area (Å²) in [6, 6.07) is 6.80. The van der Waals surface area contributed by atoms with Gasteiger partial charge in [-0.1, -0.05) is 73.4 Å². The molecule has 1 heteroatoms. The lowest BCUT2D eigenvalue weighted by Crippen LogP contribution is -2.08. The first-order valence-electron chi connectivity index (χ1n) is 7.34. The van der Waals surface area contributed by atoms with Crippen molar-refractivity contribution in [3.8, 4) is 0 Å². The van der Waals surface area contributed by atoms with Crippen LogP contribution in [0.2, 0.25) is 0 Å². The molecule has 0 spiro atoms. The van der Waals surface area contributed by atoms with Crippen LogP contribution in [-0.2, 0) is 0 Å². The van der Waals surface area contributed by atoms with Crippen LogP contribution in [0.5, 0.6) is 0 Å². The zero-order valence-corrected chi connectivity index (χ0v) is 11.8. The van der Waals surface area contributed by atoms with Crippen molar-refractivity contribution < 1.29 is 0 Å². The average molecular weight is 271 g/mol. The van der Waals surface area contributed by atoms with Crippen LogP contribution in [0.4, 0.5) is 5.69 Å². The molecule has 1 unspecified atom stereocenters. The summed E-state index contributed by atoms with van der Waals surface area (Å²) in [6.07, 6.45) is 18.2. The molecule has 1 atom stereocenters. The van der Waals surface area contributed by atoms with Crippen LogP contribution in [0, 0.1) is 0 Å². The summed E-state index contributed by atoms with van der Waals surface area (Å²) in [5.74, 6) is 0. The van der Waals surface area contributed by atoms with Crippen molar-refractivity contribution >= 4 is 16.8 Å². The molecule has 0 amide bonds. The van der Waals surface area contributed by atoms with Gasteiger partial charge in [0.25, 0.3) is 0 Å². The summed E-state index contributed by atoms with van der Waals surface area (Å²) in [4.78, 5) is 0. The van der Waals surface area contributed by atoms with E-state index >= 15 is 0 Å². The fourth-order valence-electron chi connectivity index (χ4n) is 3.17. The molecule has 2 aliphatic carbocycles. The number of rotatable bonds is 2. The second-order valence-corrected chi connectivity index (χ2v) is 5.59. The summed E-state index contributed by atoms with van der Waals surface area (Å²) in [6.45, 7) is 4.28. The van der Waals surface area contributed by atoms with Gasteiger partial charge < -0.3 is 5.32 Å². The number of para-hydroxylation sites is 1. The molecule has 0 aromatic heterocycles. The zero-order valence-electron chi connectivity index (χ0n) is 11.8. The maximum atomic E-state index is 4.28. The highest BCUT2D eigenvalue weighted by Gasteiger charge is 2.28. The second-order valence-electron chi connectivity index (χ2n) is 5.59. The normalized spacial score (nSPS) is 23.0. The molecule has 1 heterocycles. The molecule has 0 bridgehead atoms. The minimum absolute atomic E-state index is 0.333. The minimum atomic E-state index is 0.333. The van der Waals surface area contributed by atoms with Gasteiger partial charge in [-0.3, -0.25) is 0 Å². The Morgan fingerprint density at radius 3 is 3.05 bits per heavy atom. The largest absolute Gasteiger partial charge is 0.374 e. The van der Waals surface area contributed by atoms with Crippen molar-refractivity contribution in [2.45, 2.75) is 12.5 Å². The van der Waals surface area contributed by atoms with E-state index in [2.05, 4.69) is 78.7 Å². The first-order valence-corrected chi connectivity index (χ1v) is 7.34. The monoisotopic (exact) mass is 271 g/mol. The highest BCUT2D eigenvalue weighted by Crippen LogP contribution is 2.42. The Hall–Kier alpha value is -2.54. The average Bonchev–Trinajstić information content (AvgIpc) is 3.08. The lowest BCUT2D eigenvalue weighted by Gasteiger charge is -2.11. The van der Waals surface area contributed by atoms with Crippen LogP contribution < -0.4 is 5.32 Å². The molecule has 1 aliphatic heterocycles. The van der Waals surface area contributed by atoms with Crippen molar-refractivity contribution in [1.82, 2.24) is 0 Å². The smallest absolute Gasteiger partial charge is 0.0708 e. The molecule has 1 N–H and O–H groups in total. The molecule has 0 saturated carbocycles. The van der Waals surface area contributed by atoms with Crippen LogP contribution in [0.15, 0.2) is 79.0 Å². The van der Waals surface area contributed by atoms with E-state index in [0.29, 0.717) is 6.04 Å². The van der Waals surface area contributed by atoms with E-state index in [4.69, 9.17) is 0 Å². The van der Waals surface area contributed by atoms with Gasteiger partial charge >= 0.3 is 0 Å². The molecule has 1 aromatic rings. The van der Waals surface area contributed by atoms with Gasteiger partial charge in [-0.25, -0.2) is 0 Å². The quantitative estimate of drug-likeness (QED) is 0.807. The Bertz CT molecular complexity index is 769. The van der Waals surface area contributed by atoms with E-state index in [9.17, 15) is 0 Å². The van der Waals surface area contributed by atoms with Crippen LogP contribution >= 0.6 is 0 Å². The van der Waals surface area contributed by atoms with Gasteiger partial charge in [-0.15, -0.1) is 0 Å². The third-order valence-electron chi connectivity index (χ3n) is 4.21. The molecule has 0 saturated heterocycles. The van der Waals surface area contributed by atoms with Gasteiger partial charge in [-0.2, -0.15) is 0 Å². The molecule has 3 aliphatic rings. The first kappa shape index (κ1) is 12.2. The number of hydrogen-bond acceptors (Lipinski definition) is 1. The minimum Gasteiger partial charge on any atom is -0.374 e. The van der Waals surface area contributed by atoms with Gasteiger partial charge in [0.2, 0.25) is 0 Å². The number of fused-ring (bicyclic) bond motifs is 3. The van der Waals surface area contributed by atoms with E-state index in [1.807, 2.05) is 0 Å². The summed E-state index contributed by atoms with van der Waals surface area (Å²) in [7, 11) is 0. The summed E-state index contributed by atoms with van der Waals surface area (Å²) in [5, 5.41) is 3.61. The molecule has 1 nitrogen and oxygen atoms in total. The molecule has 102 valence electrons. The fraction of sp³-hybridized carbons (Fsp3) is 0.100. The zero-order chi connectivity index (χ0) is 14.2. The van der Waals surface area contributed by atoms with Crippen molar-refractivity contribution in [2.75, 3.05) is 5.32 Å². The van der Waals surface area contributed by atoms with Crippen LogP contribution in [0.3, 0.4) is 0 Å². The number of nitrogens with one attached hydrogen (secondary N) is 1. The summed E-state index contributed by atoms with van der Waals surface area (Å²) in [5.41, 5.74) is 7.46. The third kappa shape index (κ3) is 2.02. The Morgan fingerprint density at radius 2 is 2.19 bits per heavy atom. The predicted molar refractivity (Wildman–Crippen MR) is 91.0 cm³/mol. The maximum Gasteiger partial charge on any atom is 0.0708 e. The van der Waals surface area contributed by atoms with E-state index in [-0.39, 0.29) is 0 Å². The molecule has 1 aromatic carbocycles. The SMILES string of the molecule is C=C(/C=C1/C=CC=CC1)c1cccc2c1NC1C=CC=C21. The number of anilines is 1. The third-order valence-corrected chi connectivity index (χ3v) is 4.21. The highest BCUT2D eigenvalue weighted by atomic mass is 15.0. The lowest BCUT2D eigenvalue weighted by atomic mass is 9.96. The van der Waals surface area contributed by atoms with Gasteiger partial charge in [0, 0.05) is 11.1 Å². The van der Waals surface area contributed by atoms with E-state index < -0.39 is 0 Å². The molecule has 4 rings (SSSR count). The first-order chi connectivity index (χ1) is 10.3. The Balaban J connectivity index is 1.71. The van der Waals surface area contributed by atoms with E-state index in [0.717, 1.165) is 12.0 Å². The molecule has 0 fully saturated rings. The van der Waals surface area contributed by atoms with Crippen LogP contribution in [0.25, 0.3) is 11.1 Å². The molecule has 21 heavy (non-hydrogen) atoms. The highest BCUT2D eigenvalue weighted by molar-refractivity contribution is 5.96. The van der Waals surface area contributed by atoms with Gasteiger partial charge in [0.15, 0.2) is 0 Å². The lowest BCUT2D eigenvalue weighted by molar-refractivity contribution is 1.20. The predicted octanol–water partition coefficient (Wildman–Crippen LogP) is 4.89. The van der Waals surface area contributed by atoms with Crippen molar-refractivity contribution in [1.29, 1.82) is 0 Å². The number of hydrogen-bond donors (Lipinski definition) is 1. The fourth-order valence-corrected chi connectivity index (χ4v) is 3.17. The van der Waals surface area contributed by atoms with Crippen molar-refractivity contribution in [2.24, 2.45) is 0 Å². The number of benzene rings is 1. The van der Waals surface area contributed by atoms with Gasteiger partial charge in [0.05, 0.1) is 11.7 Å². The Labute approximate surface area is 125 Å². The topological polar surface area (TPSA) is 12.0 Å². The van der Waals surface area contributed by atoms with Crippen molar-refractivity contribution in [3.05, 3.63) is 90.1 Å². The standard InChI is InChI=1S/C20H17N/c1-14(13-15-7-3-2-4-8-15)16-9-5-11-18-17-10-6-12-19(17)21-20(16)18/h2-7,9-13,19,21H,1,8H2/b15-13-. The van der Waals surface area contributed by atoms with E-state index in [1.165, 1.54) is 28.0 Å². The molecular formula is C20H17N. The maximum absolute atomic E-state index is 4.28. The van der Waals surface area contributed by atoms with Crippen LogP contribution in [0.1, 0.15) is 17.5 Å². The number of allylic oxidation sites excluding steroid dienone is 9. The Kier molecular flexibility index (Phi) is 2.78.